The van der Waals surface area contributed by atoms with E-state index in [9.17, 15) is 19.1 Å². The van der Waals surface area contributed by atoms with Crippen LogP contribution in [-0.4, -0.2) is 59.6 Å². The molecule has 2 saturated heterocycles. The molecule has 2 aliphatic rings. The quantitative estimate of drug-likeness (QED) is 0.886. The number of aliphatic carboxylic acids is 1. The number of hydrogen-bond acceptors (Lipinski definition) is 4. The van der Waals surface area contributed by atoms with Gasteiger partial charge in [-0.2, -0.15) is 0 Å². The first-order valence-electron chi connectivity index (χ1n) is 8.88. The number of carboxylic acid groups (broad SMARTS) is 1. The second kappa shape index (κ2) is 7.23. The lowest BCUT2D eigenvalue weighted by atomic mass is 9.76. The molecule has 2 aliphatic heterocycles. The van der Waals surface area contributed by atoms with E-state index in [4.69, 9.17) is 4.74 Å². The van der Waals surface area contributed by atoms with Gasteiger partial charge in [0.2, 0.25) is 5.91 Å². The van der Waals surface area contributed by atoms with E-state index in [1.165, 1.54) is 13.2 Å². The minimum absolute atomic E-state index is 0.0703. The van der Waals surface area contributed by atoms with Crippen LogP contribution in [0.25, 0.3) is 0 Å². The number of halogens is 1. The first-order chi connectivity index (χ1) is 12.3. The standard InChI is InChI=1S/C19H25FN2O4/c1-13(23)21-7-5-19(6-8-21)10-16(18(24)25)22(12-19)11-14-3-4-15(20)17(9-14)26-2/h3-4,9,16H,5-8,10-12H2,1-2H3,(H,24,25)/t16-/m1/s1. The maximum Gasteiger partial charge on any atom is 0.320 e. The highest BCUT2D eigenvalue weighted by Gasteiger charge is 2.48. The van der Waals surface area contributed by atoms with Crippen LogP contribution < -0.4 is 4.74 Å². The predicted molar refractivity (Wildman–Crippen MR) is 93.3 cm³/mol. The highest BCUT2D eigenvalue weighted by atomic mass is 19.1. The zero-order valence-electron chi connectivity index (χ0n) is 15.2. The van der Waals surface area contributed by atoms with Crippen LogP contribution in [-0.2, 0) is 16.1 Å². The van der Waals surface area contributed by atoms with Crippen LogP contribution in [0.15, 0.2) is 18.2 Å². The summed E-state index contributed by atoms with van der Waals surface area (Å²) in [7, 11) is 1.41. The summed E-state index contributed by atoms with van der Waals surface area (Å²) in [5, 5.41) is 9.67. The van der Waals surface area contributed by atoms with Crippen molar-refractivity contribution in [3.63, 3.8) is 0 Å². The molecule has 142 valence electrons. The number of methoxy groups -OCH3 is 1. The molecule has 0 aliphatic carbocycles. The van der Waals surface area contributed by atoms with E-state index in [1.807, 2.05) is 9.80 Å². The SMILES string of the molecule is COc1cc(CN2CC3(CCN(C(C)=O)CC3)C[C@@H]2C(=O)O)ccc1F. The molecule has 3 rings (SSSR count). The zero-order valence-corrected chi connectivity index (χ0v) is 15.2. The third kappa shape index (κ3) is 3.67. The average Bonchev–Trinajstić information content (AvgIpc) is 2.95. The lowest BCUT2D eigenvalue weighted by molar-refractivity contribution is -0.142. The van der Waals surface area contributed by atoms with Crippen molar-refractivity contribution in [2.24, 2.45) is 5.41 Å². The summed E-state index contributed by atoms with van der Waals surface area (Å²) >= 11 is 0. The van der Waals surface area contributed by atoms with Crippen molar-refractivity contribution in [3.8, 4) is 5.75 Å². The lowest BCUT2D eigenvalue weighted by Gasteiger charge is -2.39. The zero-order chi connectivity index (χ0) is 18.9. The number of ether oxygens (including phenoxy) is 1. The van der Waals surface area contributed by atoms with Crippen LogP contribution in [0.4, 0.5) is 4.39 Å². The van der Waals surface area contributed by atoms with Gasteiger partial charge < -0.3 is 14.7 Å². The highest BCUT2D eigenvalue weighted by Crippen LogP contribution is 2.44. The molecule has 1 N–H and O–H groups in total. The highest BCUT2D eigenvalue weighted by molar-refractivity contribution is 5.74. The number of carbonyl (C=O) groups excluding carboxylic acids is 1. The Morgan fingerprint density at radius 1 is 1.35 bits per heavy atom. The molecule has 1 spiro atoms. The van der Waals surface area contributed by atoms with Crippen molar-refractivity contribution in [2.45, 2.75) is 38.8 Å². The lowest BCUT2D eigenvalue weighted by Crippen LogP contribution is -2.43. The van der Waals surface area contributed by atoms with Crippen molar-refractivity contribution in [1.82, 2.24) is 9.80 Å². The van der Waals surface area contributed by atoms with E-state index in [2.05, 4.69) is 0 Å². The second-order valence-corrected chi connectivity index (χ2v) is 7.44. The molecular weight excluding hydrogens is 339 g/mol. The Hall–Kier alpha value is -2.15. The van der Waals surface area contributed by atoms with Crippen molar-refractivity contribution >= 4 is 11.9 Å². The van der Waals surface area contributed by atoms with Crippen LogP contribution in [0.5, 0.6) is 5.75 Å². The van der Waals surface area contributed by atoms with Gasteiger partial charge in [0.1, 0.15) is 6.04 Å². The van der Waals surface area contributed by atoms with E-state index in [0.29, 0.717) is 32.6 Å². The van der Waals surface area contributed by atoms with Crippen LogP contribution in [0, 0.1) is 11.2 Å². The summed E-state index contributed by atoms with van der Waals surface area (Å²) in [5.41, 5.74) is 0.756. The summed E-state index contributed by atoms with van der Waals surface area (Å²) in [5.74, 6) is -1.02. The number of carbonyl (C=O) groups is 2. The topological polar surface area (TPSA) is 70.1 Å². The van der Waals surface area contributed by atoms with E-state index < -0.39 is 17.8 Å². The summed E-state index contributed by atoms with van der Waals surface area (Å²) in [6, 6.07) is 4.08. The average molecular weight is 364 g/mol. The van der Waals surface area contributed by atoms with Gasteiger partial charge in [-0.3, -0.25) is 14.5 Å². The van der Waals surface area contributed by atoms with E-state index >= 15 is 0 Å². The fraction of sp³-hybridized carbons (Fsp3) is 0.579. The van der Waals surface area contributed by atoms with Crippen LogP contribution >= 0.6 is 0 Å². The second-order valence-electron chi connectivity index (χ2n) is 7.44. The number of carboxylic acids is 1. The molecule has 7 heteroatoms. The summed E-state index contributed by atoms with van der Waals surface area (Å²) in [6.07, 6.45) is 2.23. The van der Waals surface area contributed by atoms with Gasteiger partial charge in [-0.25, -0.2) is 4.39 Å². The third-order valence-corrected chi connectivity index (χ3v) is 5.76. The van der Waals surface area contributed by atoms with E-state index in [1.54, 1.807) is 19.1 Å². The largest absolute Gasteiger partial charge is 0.494 e. The molecule has 0 aromatic heterocycles. The van der Waals surface area contributed by atoms with Gasteiger partial charge in [0.15, 0.2) is 11.6 Å². The Morgan fingerprint density at radius 3 is 2.62 bits per heavy atom. The van der Waals surface area contributed by atoms with Gasteiger partial charge in [0, 0.05) is 33.1 Å². The number of nitrogens with zero attached hydrogens (tertiary/aromatic N) is 2. The Morgan fingerprint density at radius 2 is 2.04 bits per heavy atom. The molecule has 0 unspecified atom stereocenters. The normalized spacial score (nSPS) is 22.6. The Bertz CT molecular complexity index is 701. The molecule has 26 heavy (non-hydrogen) atoms. The van der Waals surface area contributed by atoms with Crippen molar-refractivity contribution in [3.05, 3.63) is 29.6 Å². The summed E-state index contributed by atoms with van der Waals surface area (Å²) < 4.78 is 18.6. The van der Waals surface area contributed by atoms with Gasteiger partial charge in [0.25, 0.3) is 0 Å². The Labute approximate surface area is 152 Å². The molecule has 6 nitrogen and oxygen atoms in total. The summed E-state index contributed by atoms with van der Waals surface area (Å²) in [4.78, 5) is 27.1. The fourth-order valence-electron chi connectivity index (χ4n) is 4.25. The predicted octanol–water partition coefficient (Wildman–Crippen LogP) is 2.12. The van der Waals surface area contributed by atoms with Crippen molar-refractivity contribution in [2.75, 3.05) is 26.7 Å². The molecule has 0 bridgehead atoms. The van der Waals surface area contributed by atoms with Crippen molar-refractivity contribution < 1.29 is 23.8 Å². The molecule has 1 amide bonds. The Kier molecular flexibility index (Phi) is 5.18. The molecule has 2 heterocycles. The van der Waals surface area contributed by atoms with Crippen LogP contribution in [0.2, 0.25) is 0 Å². The molecule has 1 aromatic carbocycles. The molecule has 2 fully saturated rings. The van der Waals surface area contributed by atoms with Crippen molar-refractivity contribution in [1.29, 1.82) is 0 Å². The smallest absolute Gasteiger partial charge is 0.320 e. The number of benzene rings is 1. The molecule has 0 saturated carbocycles. The first-order valence-corrected chi connectivity index (χ1v) is 8.88. The first kappa shape index (κ1) is 18.6. The molecule has 0 radical (unpaired) electrons. The number of likely N-dealkylation sites (tertiary alicyclic amines) is 2. The van der Waals surface area contributed by atoms with Gasteiger partial charge >= 0.3 is 5.97 Å². The third-order valence-electron chi connectivity index (χ3n) is 5.76. The van der Waals surface area contributed by atoms with Crippen LogP contribution in [0.3, 0.4) is 0 Å². The number of piperidine rings is 1. The minimum Gasteiger partial charge on any atom is -0.494 e. The molecule has 1 aromatic rings. The number of rotatable bonds is 4. The summed E-state index contributed by atoms with van der Waals surface area (Å²) in [6.45, 7) is 4.04. The van der Waals surface area contributed by atoms with Gasteiger partial charge in [0.05, 0.1) is 7.11 Å². The fourth-order valence-corrected chi connectivity index (χ4v) is 4.25. The van der Waals surface area contributed by atoms with Crippen LogP contribution in [0.1, 0.15) is 31.7 Å². The van der Waals surface area contributed by atoms with Gasteiger partial charge in [-0.05, 0) is 42.4 Å². The number of hydrogen-bond donors (Lipinski definition) is 1. The minimum atomic E-state index is -0.829. The Balaban J connectivity index is 1.74. The maximum atomic E-state index is 13.6. The van der Waals surface area contributed by atoms with Gasteiger partial charge in [-0.1, -0.05) is 6.07 Å². The van der Waals surface area contributed by atoms with E-state index in [0.717, 1.165) is 18.4 Å². The van der Waals surface area contributed by atoms with E-state index in [-0.39, 0.29) is 17.1 Å². The monoisotopic (exact) mass is 364 g/mol. The molecular formula is C19H25FN2O4. The number of amides is 1. The van der Waals surface area contributed by atoms with Gasteiger partial charge in [-0.15, -0.1) is 0 Å². The maximum absolute atomic E-state index is 13.6. The molecule has 1 atom stereocenters.